The Balaban J connectivity index is 2.61. The van der Waals surface area contributed by atoms with E-state index in [1.807, 2.05) is 12.1 Å². The average molecular weight is 315 g/mol. The Labute approximate surface area is 127 Å². The van der Waals surface area contributed by atoms with E-state index in [1.54, 1.807) is 14.2 Å². The molecule has 0 aliphatic carbocycles. The lowest BCUT2D eigenvalue weighted by molar-refractivity contribution is 0.181. The zero-order chi connectivity index (χ0) is 15.9. The summed E-state index contributed by atoms with van der Waals surface area (Å²) < 4.78 is 32.6. The SMILES string of the molecule is COCc1cc(C(C)NCCCS(C)(=O)=O)ccc1OC. The second kappa shape index (κ2) is 8.36. The fourth-order valence-electron chi connectivity index (χ4n) is 2.11. The molecule has 0 spiro atoms. The predicted molar refractivity (Wildman–Crippen MR) is 84.5 cm³/mol. The lowest BCUT2D eigenvalue weighted by atomic mass is 10.0. The maximum Gasteiger partial charge on any atom is 0.147 e. The molecule has 5 nitrogen and oxygen atoms in total. The Kier molecular flexibility index (Phi) is 7.14. The molecule has 1 rings (SSSR count). The van der Waals surface area contributed by atoms with Gasteiger partial charge in [-0.25, -0.2) is 8.42 Å². The molecule has 0 bridgehead atoms. The van der Waals surface area contributed by atoms with Gasteiger partial charge >= 0.3 is 0 Å². The molecule has 1 unspecified atom stereocenters. The second-order valence-electron chi connectivity index (χ2n) is 5.16. The van der Waals surface area contributed by atoms with Crippen LogP contribution in [-0.4, -0.2) is 41.2 Å². The van der Waals surface area contributed by atoms with Crippen LogP contribution >= 0.6 is 0 Å². The highest BCUT2D eigenvalue weighted by Gasteiger charge is 2.10. The lowest BCUT2D eigenvalue weighted by Gasteiger charge is -2.17. The van der Waals surface area contributed by atoms with Crippen molar-refractivity contribution < 1.29 is 17.9 Å². The number of benzene rings is 1. The molecule has 6 heteroatoms. The van der Waals surface area contributed by atoms with E-state index in [-0.39, 0.29) is 11.8 Å². The molecule has 0 amide bonds. The molecule has 1 atom stereocenters. The molecule has 0 aromatic heterocycles. The number of sulfone groups is 1. The van der Waals surface area contributed by atoms with Gasteiger partial charge in [-0.2, -0.15) is 0 Å². The zero-order valence-corrected chi connectivity index (χ0v) is 14.0. The van der Waals surface area contributed by atoms with Gasteiger partial charge in [-0.1, -0.05) is 6.07 Å². The van der Waals surface area contributed by atoms with Gasteiger partial charge < -0.3 is 14.8 Å². The van der Waals surface area contributed by atoms with Gasteiger partial charge in [0.25, 0.3) is 0 Å². The Morgan fingerprint density at radius 3 is 2.57 bits per heavy atom. The van der Waals surface area contributed by atoms with Gasteiger partial charge in [0, 0.05) is 25.0 Å². The molecular weight excluding hydrogens is 290 g/mol. The van der Waals surface area contributed by atoms with Gasteiger partial charge in [0.05, 0.1) is 19.5 Å². The Bertz CT molecular complexity index is 543. The summed E-state index contributed by atoms with van der Waals surface area (Å²) in [5.74, 6) is 1.02. The van der Waals surface area contributed by atoms with Crippen LogP contribution in [0, 0.1) is 0 Å². The number of methoxy groups -OCH3 is 2. The molecule has 0 heterocycles. The van der Waals surface area contributed by atoms with Gasteiger partial charge in [-0.15, -0.1) is 0 Å². The fraction of sp³-hybridized carbons (Fsp3) is 0.600. The zero-order valence-electron chi connectivity index (χ0n) is 13.2. The molecule has 0 aliphatic heterocycles. The van der Waals surface area contributed by atoms with Crippen molar-refractivity contribution in [2.24, 2.45) is 0 Å². The number of hydrogen-bond acceptors (Lipinski definition) is 5. The summed E-state index contributed by atoms with van der Waals surface area (Å²) in [7, 11) is 0.409. The van der Waals surface area contributed by atoms with E-state index >= 15 is 0 Å². The van der Waals surface area contributed by atoms with E-state index in [2.05, 4.69) is 18.3 Å². The van der Waals surface area contributed by atoms with E-state index in [9.17, 15) is 8.42 Å². The van der Waals surface area contributed by atoms with E-state index in [0.29, 0.717) is 19.6 Å². The first-order valence-electron chi connectivity index (χ1n) is 6.94. The fourth-order valence-corrected chi connectivity index (χ4v) is 2.78. The summed E-state index contributed by atoms with van der Waals surface area (Å²) in [5, 5.41) is 3.33. The summed E-state index contributed by atoms with van der Waals surface area (Å²) in [6.07, 6.45) is 1.88. The standard InChI is InChI=1S/C15H25NO4S/c1-12(16-8-5-9-21(4,17)18)13-6-7-15(20-3)14(10-13)11-19-2/h6-7,10,12,16H,5,8-9,11H2,1-4H3. The number of ether oxygens (including phenoxy) is 2. The molecule has 1 aromatic carbocycles. The normalized spacial score (nSPS) is 13.1. The van der Waals surface area contributed by atoms with Crippen LogP contribution in [0.25, 0.3) is 0 Å². The van der Waals surface area contributed by atoms with Crippen molar-refractivity contribution in [1.29, 1.82) is 0 Å². The number of rotatable bonds is 9. The molecule has 1 N–H and O–H groups in total. The largest absolute Gasteiger partial charge is 0.496 e. The van der Waals surface area contributed by atoms with Crippen molar-refractivity contribution >= 4 is 9.84 Å². The summed E-state index contributed by atoms with van der Waals surface area (Å²) in [5.41, 5.74) is 2.13. The Hall–Kier alpha value is -1.11. The van der Waals surface area contributed by atoms with Crippen molar-refractivity contribution in [2.45, 2.75) is 26.0 Å². The Morgan fingerprint density at radius 1 is 1.29 bits per heavy atom. The average Bonchev–Trinajstić information content (AvgIpc) is 2.42. The maximum atomic E-state index is 11.1. The van der Waals surface area contributed by atoms with Gasteiger partial charge in [-0.05, 0) is 37.6 Å². The molecular formula is C15H25NO4S. The molecule has 0 saturated carbocycles. The first-order valence-corrected chi connectivity index (χ1v) is 9.00. The van der Waals surface area contributed by atoms with Crippen molar-refractivity contribution in [3.05, 3.63) is 29.3 Å². The van der Waals surface area contributed by atoms with Crippen LogP contribution in [0.4, 0.5) is 0 Å². The van der Waals surface area contributed by atoms with Crippen LogP contribution in [0.3, 0.4) is 0 Å². The van der Waals surface area contributed by atoms with Crippen LogP contribution in [-0.2, 0) is 21.2 Å². The monoisotopic (exact) mass is 315 g/mol. The van der Waals surface area contributed by atoms with Crippen LogP contribution in [0.2, 0.25) is 0 Å². The quantitative estimate of drug-likeness (QED) is 0.705. The summed E-state index contributed by atoms with van der Waals surface area (Å²) in [6.45, 7) is 3.22. The van der Waals surface area contributed by atoms with Gasteiger partial charge in [-0.3, -0.25) is 0 Å². The van der Waals surface area contributed by atoms with Crippen LogP contribution < -0.4 is 10.1 Å². The highest BCUT2D eigenvalue weighted by Crippen LogP contribution is 2.24. The molecule has 120 valence electrons. The minimum atomic E-state index is -2.88. The molecule has 0 fully saturated rings. The molecule has 0 aliphatic rings. The highest BCUT2D eigenvalue weighted by atomic mass is 32.2. The smallest absolute Gasteiger partial charge is 0.147 e. The van der Waals surface area contributed by atoms with Gasteiger partial charge in [0.2, 0.25) is 0 Å². The maximum absolute atomic E-state index is 11.1. The molecule has 0 saturated heterocycles. The van der Waals surface area contributed by atoms with E-state index in [4.69, 9.17) is 9.47 Å². The first-order chi connectivity index (χ1) is 9.87. The number of hydrogen-bond donors (Lipinski definition) is 1. The van der Waals surface area contributed by atoms with Crippen LogP contribution in [0.15, 0.2) is 18.2 Å². The third-order valence-corrected chi connectivity index (χ3v) is 4.28. The summed E-state index contributed by atoms with van der Waals surface area (Å²) in [6, 6.07) is 6.13. The van der Waals surface area contributed by atoms with Crippen molar-refractivity contribution in [1.82, 2.24) is 5.32 Å². The summed E-state index contributed by atoms with van der Waals surface area (Å²) in [4.78, 5) is 0. The highest BCUT2D eigenvalue weighted by molar-refractivity contribution is 7.90. The number of nitrogens with one attached hydrogen (secondary N) is 1. The van der Waals surface area contributed by atoms with Crippen LogP contribution in [0.1, 0.15) is 30.5 Å². The predicted octanol–water partition coefficient (Wildman–Crippen LogP) is 1.93. The molecule has 1 aromatic rings. The summed E-state index contributed by atoms with van der Waals surface area (Å²) >= 11 is 0. The Morgan fingerprint density at radius 2 is 2.00 bits per heavy atom. The topological polar surface area (TPSA) is 64.6 Å². The minimum Gasteiger partial charge on any atom is -0.496 e. The van der Waals surface area contributed by atoms with Gasteiger partial charge in [0.15, 0.2) is 0 Å². The minimum absolute atomic E-state index is 0.145. The molecule has 21 heavy (non-hydrogen) atoms. The van der Waals surface area contributed by atoms with Crippen molar-refractivity contribution in [3.8, 4) is 5.75 Å². The first kappa shape index (κ1) is 17.9. The van der Waals surface area contributed by atoms with Crippen LogP contribution in [0.5, 0.6) is 5.75 Å². The third kappa shape index (κ3) is 6.46. The van der Waals surface area contributed by atoms with E-state index in [1.165, 1.54) is 6.26 Å². The lowest BCUT2D eigenvalue weighted by Crippen LogP contribution is -2.22. The third-order valence-electron chi connectivity index (χ3n) is 3.25. The molecule has 0 radical (unpaired) electrons. The van der Waals surface area contributed by atoms with Gasteiger partial charge in [0.1, 0.15) is 15.6 Å². The van der Waals surface area contributed by atoms with Crippen molar-refractivity contribution in [3.63, 3.8) is 0 Å². The van der Waals surface area contributed by atoms with Crippen molar-refractivity contribution in [2.75, 3.05) is 32.8 Å². The second-order valence-corrected chi connectivity index (χ2v) is 7.42. The van der Waals surface area contributed by atoms with E-state index in [0.717, 1.165) is 16.9 Å². The van der Waals surface area contributed by atoms with E-state index < -0.39 is 9.84 Å².